The predicted molar refractivity (Wildman–Crippen MR) is 97.6 cm³/mol. The van der Waals surface area contributed by atoms with Crippen LogP contribution in [0.1, 0.15) is 11.3 Å². The van der Waals surface area contributed by atoms with Crippen molar-refractivity contribution in [1.29, 1.82) is 0 Å². The van der Waals surface area contributed by atoms with E-state index in [2.05, 4.69) is 5.32 Å². The molecule has 2 heterocycles. The molecule has 1 unspecified atom stereocenters. The van der Waals surface area contributed by atoms with Crippen LogP contribution in [0.4, 0.5) is 0 Å². The molecule has 1 aromatic heterocycles. The molecule has 1 aromatic carbocycles. The zero-order valence-electron chi connectivity index (χ0n) is 14.7. The van der Waals surface area contributed by atoms with E-state index >= 15 is 0 Å². The molecule has 1 atom stereocenters. The molecule has 3 rings (SSSR count). The Morgan fingerprint density at radius 2 is 1.96 bits per heavy atom. The van der Waals surface area contributed by atoms with Crippen molar-refractivity contribution in [3.05, 3.63) is 60.1 Å². The summed E-state index contributed by atoms with van der Waals surface area (Å²) >= 11 is 0. The maximum atomic E-state index is 12.7. The Hall–Kier alpha value is -2.16. The van der Waals surface area contributed by atoms with E-state index in [1.165, 1.54) is 4.31 Å². The van der Waals surface area contributed by atoms with Crippen LogP contribution in [0.5, 0.6) is 0 Å². The van der Waals surface area contributed by atoms with Crippen molar-refractivity contribution in [2.45, 2.75) is 19.1 Å². The Bertz CT molecular complexity index is 821. The summed E-state index contributed by atoms with van der Waals surface area (Å²) in [4.78, 5) is 14.7. The second kappa shape index (κ2) is 8.03. The van der Waals surface area contributed by atoms with E-state index in [4.69, 9.17) is 4.42 Å². The lowest BCUT2D eigenvalue weighted by molar-refractivity contribution is -0.126. The van der Waals surface area contributed by atoms with Gasteiger partial charge >= 0.3 is 0 Å². The van der Waals surface area contributed by atoms with Crippen LogP contribution in [-0.4, -0.2) is 55.5 Å². The Morgan fingerprint density at radius 3 is 2.62 bits per heavy atom. The molecule has 0 spiro atoms. The molecule has 0 bridgehead atoms. The maximum Gasteiger partial charge on any atom is 0.240 e. The number of nitrogens with one attached hydrogen (secondary N) is 1. The molecule has 8 heteroatoms. The first-order valence-electron chi connectivity index (χ1n) is 8.46. The minimum Gasteiger partial charge on any atom is -0.468 e. The van der Waals surface area contributed by atoms with Crippen LogP contribution < -0.4 is 5.32 Å². The Labute approximate surface area is 153 Å². The van der Waals surface area contributed by atoms with Gasteiger partial charge in [0.15, 0.2) is 0 Å². The zero-order valence-corrected chi connectivity index (χ0v) is 15.5. The van der Waals surface area contributed by atoms with E-state index in [1.807, 2.05) is 47.4 Å². The number of amides is 1. The molecular formula is C18H23N3O4S. The molecule has 1 saturated heterocycles. The van der Waals surface area contributed by atoms with Crippen molar-refractivity contribution in [3.8, 4) is 0 Å². The number of hydrogen-bond donors (Lipinski definition) is 1. The predicted octanol–water partition coefficient (Wildman–Crippen LogP) is 1.04. The van der Waals surface area contributed by atoms with Crippen LogP contribution in [0.3, 0.4) is 0 Å². The second-order valence-corrected chi connectivity index (χ2v) is 8.34. The number of furan rings is 1. The fourth-order valence-electron chi connectivity index (χ4n) is 3.10. The largest absolute Gasteiger partial charge is 0.468 e. The normalized spacial score (nSPS) is 19.3. The van der Waals surface area contributed by atoms with Crippen LogP contribution in [0.2, 0.25) is 0 Å². The van der Waals surface area contributed by atoms with Crippen molar-refractivity contribution in [1.82, 2.24) is 14.5 Å². The van der Waals surface area contributed by atoms with E-state index in [1.54, 1.807) is 6.26 Å². The molecule has 0 saturated carbocycles. The maximum absolute atomic E-state index is 12.7. The average molecular weight is 377 g/mol. The molecule has 1 aliphatic heterocycles. The Balaban J connectivity index is 1.68. The van der Waals surface area contributed by atoms with Gasteiger partial charge in [0.25, 0.3) is 0 Å². The summed E-state index contributed by atoms with van der Waals surface area (Å²) in [7, 11) is -3.47. The first-order chi connectivity index (χ1) is 12.4. The number of sulfonamides is 1. The van der Waals surface area contributed by atoms with Gasteiger partial charge in [0, 0.05) is 26.2 Å². The lowest BCUT2D eigenvalue weighted by Crippen LogP contribution is -2.59. The van der Waals surface area contributed by atoms with Crippen molar-refractivity contribution in [2.24, 2.45) is 0 Å². The van der Waals surface area contributed by atoms with Gasteiger partial charge < -0.3 is 9.73 Å². The van der Waals surface area contributed by atoms with E-state index in [9.17, 15) is 13.2 Å². The Morgan fingerprint density at radius 1 is 1.19 bits per heavy atom. The minimum absolute atomic E-state index is 0.281. The van der Waals surface area contributed by atoms with Crippen molar-refractivity contribution >= 4 is 15.9 Å². The summed E-state index contributed by atoms with van der Waals surface area (Å²) < 4.78 is 30.9. The molecule has 0 aliphatic carbocycles. The monoisotopic (exact) mass is 377 g/mol. The third-order valence-electron chi connectivity index (χ3n) is 4.41. The third-order valence-corrected chi connectivity index (χ3v) is 5.70. The van der Waals surface area contributed by atoms with Gasteiger partial charge in [-0.05, 0) is 17.7 Å². The van der Waals surface area contributed by atoms with E-state index < -0.39 is 16.1 Å². The molecule has 7 nitrogen and oxygen atoms in total. The molecule has 2 aromatic rings. The number of nitrogens with zero attached hydrogens (tertiary/aromatic N) is 2. The highest BCUT2D eigenvalue weighted by molar-refractivity contribution is 7.88. The first kappa shape index (κ1) is 18.6. The van der Waals surface area contributed by atoms with Crippen molar-refractivity contribution < 1.29 is 17.6 Å². The van der Waals surface area contributed by atoms with E-state index in [-0.39, 0.29) is 12.5 Å². The highest BCUT2D eigenvalue weighted by atomic mass is 32.2. The molecular weight excluding hydrogens is 354 g/mol. The lowest BCUT2D eigenvalue weighted by atomic mass is 10.1. The molecule has 26 heavy (non-hydrogen) atoms. The standard InChI is InChI=1S/C18H23N3O4S/c1-26(23,24)21-10-9-20(13-16-8-5-11-25-16)14-17(21)18(22)19-12-15-6-3-2-4-7-15/h2-8,11,17H,9-10,12-14H2,1H3,(H,19,22). The van der Waals surface area contributed by atoms with Crippen molar-refractivity contribution in [3.63, 3.8) is 0 Å². The number of benzene rings is 1. The van der Waals surface area contributed by atoms with Gasteiger partial charge in [0.1, 0.15) is 11.8 Å². The average Bonchev–Trinajstić information content (AvgIpc) is 3.12. The first-order valence-corrected chi connectivity index (χ1v) is 10.3. The third kappa shape index (κ3) is 4.72. The molecule has 1 aliphatic rings. The van der Waals surface area contributed by atoms with Crippen LogP contribution in [0, 0.1) is 0 Å². The van der Waals surface area contributed by atoms with Gasteiger partial charge in [0.05, 0.1) is 19.1 Å². The van der Waals surface area contributed by atoms with Gasteiger partial charge in [0.2, 0.25) is 15.9 Å². The van der Waals surface area contributed by atoms with Crippen LogP contribution in [0.15, 0.2) is 53.1 Å². The molecule has 140 valence electrons. The number of piperazine rings is 1. The van der Waals surface area contributed by atoms with Gasteiger partial charge in [-0.15, -0.1) is 0 Å². The SMILES string of the molecule is CS(=O)(=O)N1CCN(Cc2ccco2)CC1C(=O)NCc1ccccc1. The Kier molecular flexibility index (Phi) is 5.75. The quantitative estimate of drug-likeness (QED) is 0.813. The highest BCUT2D eigenvalue weighted by Gasteiger charge is 2.37. The number of hydrogen-bond acceptors (Lipinski definition) is 5. The highest BCUT2D eigenvalue weighted by Crippen LogP contribution is 2.17. The van der Waals surface area contributed by atoms with Gasteiger partial charge in [-0.2, -0.15) is 4.31 Å². The summed E-state index contributed by atoms with van der Waals surface area (Å²) in [5.41, 5.74) is 0.968. The molecule has 1 N–H and O–H groups in total. The van der Waals surface area contributed by atoms with Crippen LogP contribution >= 0.6 is 0 Å². The minimum atomic E-state index is -3.47. The van der Waals surface area contributed by atoms with E-state index in [0.717, 1.165) is 17.6 Å². The van der Waals surface area contributed by atoms with Crippen LogP contribution in [-0.2, 0) is 27.9 Å². The number of carbonyl (C=O) groups excluding carboxylic acids is 1. The summed E-state index contributed by atoms with van der Waals surface area (Å²) in [6, 6.07) is 12.5. The van der Waals surface area contributed by atoms with Crippen LogP contribution in [0.25, 0.3) is 0 Å². The molecule has 1 fully saturated rings. The molecule has 1 amide bonds. The zero-order chi connectivity index (χ0) is 18.6. The van der Waals surface area contributed by atoms with Gasteiger partial charge in [-0.1, -0.05) is 30.3 Å². The lowest BCUT2D eigenvalue weighted by Gasteiger charge is -2.38. The summed E-state index contributed by atoms with van der Waals surface area (Å²) in [6.07, 6.45) is 2.75. The summed E-state index contributed by atoms with van der Waals surface area (Å²) in [5, 5.41) is 2.86. The fraction of sp³-hybridized carbons (Fsp3) is 0.389. The number of rotatable bonds is 6. The molecule has 0 radical (unpaired) electrons. The summed E-state index contributed by atoms with van der Waals surface area (Å²) in [6.45, 7) is 2.08. The smallest absolute Gasteiger partial charge is 0.240 e. The summed E-state index contributed by atoms with van der Waals surface area (Å²) in [5.74, 6) is 0.504. The second-order valence-electron chi connectivity index (χ2n) is 6.41. The van der Waals surface area contributed by atoms with Gasteiger partial charge in [-0.25, -0.2) is 8.42 Å². The number of carbonyl (C=O) groups is 1. The topological polar surface area (TPSA) is 82.9 Å². The fourth-order valence-corrected chi connectivity index (χ4v) is 4.14. The van der Waals surface area contributed by atoms with Crippen molar-refractivity contribution in [2.75, 3.05) is 25.9 Å². The van der Waals surface area contributed by atoms with E-state index in [0.29, 0.717) is 26.2 Å². The van der Waals surface area contributed by atoms with Gasteiger partial charge in [-0.3, -0.25) is 9.69 Å².